The summed E-state index contributed by atoms with van der Waals surface area (Å²) in [7, 11) is 0. The normalized spacial score (nSPS) is 15.9. The number of aromatic nitrogens is 1. The average Bonchev–Trinajstić information content (AvgIpc) is 3.02. The van der Waals surface area contributed by atoms with Crippen molar-refractivity contribution < 1.29 is 4.79 Å². The van der Waals surface area contributed by atoms with E-state index in [9.17, 15) is 4.79 Å². The van der Waals surface area contributed by atoms with Crippen LogP contribution in [0, 0.1) is 0 Å². The largest absolute Gasteiger partial charge is 0.361 e. The second-order valence-corrected chi connectivity index (χ2v) is 6.87. The number of rotatable bonds is 1. The number of halogens is 1. The molecule has 2 nitrogen and oxygen atoms in total. The summed E-state index contributed by atoms with van der Waals surface area (Å²) in [4.78, 5) is 17.5. The van der Waals surface area contributed by atoms with Crippen LogP contribution in [0.2, 0.25) is 0 Å². The lowest BCUT2D eigenvalue weighted by Gasteiger charge is -1.96. The summed E-state index contributed by atoms with van der Waals surface area (Å²) in [6.07, 6.45) is 3.92. The Balaban J connectivity index is 1.82. The third kappa shape index (κ3) is 2.15. The summed E-state index contributed by atoms with van der Waals surface area (Å²) < 4.78 is 1.03. The summed E-state index contributed by atoms with van der Waals surface area (Å²) in [5, 5.41) is 1.11. The van der Waals surface area contributed by atoms with E-state index >= 15 is 0 Å². The highest BCUT2D eigenvalue weighted by molar-refractivity contribution is 9.10. The molecule has 2 heterocycles. The molecule has 1 N–H and O–H groups in total. The molecule has 0 radical (unpaired) electrons. The molecule has 0 bridgehead atoms. The Labute approximate surface area is 134 Å². The van der Waals surface area contributed by atoms with Crippen LogP contribution < -0.4 is 0 Å². The van der Waals surface area contributed by atoms with Gasteiger partial charge < -0.3 is 4.98 Å². The van der Waals surface area contributed by atoms with Crippen LogP contribution in [-0.2, 0) is 0 Å². The lowest BCUT2D eigenvalue weighted by atomic mass is 10.1. The van der Waals surface area contributed by atoms with E-state index in [4.69, 9.17) is 0 Å². The smallest absolute Gasteiger partial charge is 0.200 e. The van der Waals surface area contributed by atoms with Crippen LogP contribution in [0.25, 0.3) is 17.0 Å². The zero-order chi connectivity index (χ0) is 14.4. The average molecular weight is 356 g/mol. The molecule has 1 aliphatic heterocycles. The summed E-state index contributed by atoms with van der Waals surface area (Å²) in [6.45, 7) is 0. The Morgan fingerprint density at radius 2 is 2.00 bits per heavy atom. The number of carbonyl (C=O) groups excluding carboxylic acids is 1. The number of fused-ring (bicyclic) bond motifs is 2. The molecule has 0 amide bonds. The highest BCUT2D eigenvalue weighted by Crippen LogP contribution is 2.41. The Kier molecular flexibility index (Phi) is 3.01. The molecule has 102 valence electrons. The number of hydrogen-bond acceptors (Lipinski definition) is 2. The first kappa shape index (κ1) is 12.9. The van der Waals surface area contributed by atoms with Crippen LogP contribution in [0.4, 0.5) is 0 Å². The molecule has 0 saturated heterocycles. The van der Waals surface area contributed by atoms with E-state index in [-0.39, 0.29) is 5.78 Å². The monoisotopic (exact) mass is 355 g/mol. The number of hydrogen-bond donors (Lipinski definition) is 1. The third-order valence-corrected chi connectivity index (χ3v) is 5.13. The summed E-state index contributed by atoms with van der Waals surface area (Å²) in [5.74, 6) is 0.111. The number of thioether (sulfide) groups is 1. The van der Waals surface area contributed by atoms with Gasteiger partial charge in [0.1, 0.15) is 0 Å². The van der Waals surface area contributed by atoms with Gasteiger partial charge in [0.2, 0.25) is 5.78 Å². The van der Waals surface area contributed by atoms with Crippen LogP contribution in [0.5, 0.6) is 0 Å². The Morgan fingerprint density at radius 3 is 2.86 bits per heavy atom. The van der Waals surface area contributed by atoms with Gasteiger partial charge in [-0.15, -0.1) is 0 Å². The highest BCUT2D eigenvalue weighted by Gasteiger charge is 2.25. The molecule has 4 rings (SSSR count). The van der Waals surface area contributed by atoms with Gasteiger partial charge in [0.05, 0.1) is 4.91 Å². The predicted molar refractivity (Wildman–Crippen MR) is 90.6 cm³/mol. The quantitative estimate of drug-likeness (QED) is 0.604. The molecule has 21 heavy (non-hydrogen) atoms. The van der Waals surface area contributed by atoms with Crippen molar-refractivity contribution in [2.24, 2.45) is 0 Å². The van der Waals surface area contributed by atoms with Crippen LogP contribution in [-0.4, -0.2) is 10.8 Å². The fourth-order valence-electron chi connectivity index (χ4n) is 2.51. The maximum Gasteiger partial charge on any atom is 0.200 e. The van der Waals surface area contributed by atoms with Gasteiger partial charge >= 0.3 is 0 Å². The van der Waals surface area contributed by atoms with Gasteiger partial charge in [-0.3, -0.25) is 4.79 Å². The number of ketones is 1. The highest BCUT2D eigenvalue weighted by atomic mass is 79.9. The van der Waals surface area contributed by atoms with Crippen LogP contribution >= 0.6 is 27.7 Å². The van der Waals surface area contributed by atoms with E-state index < -0.39 is 0 Å². The molecular formula is C17H10BrNOS. The fourth-order valence-corrected chi connectivity index (χ4v) is 3.91. The molecule has 3 aromatic rings. The van der Waals surface area contributed by atoms with Gasteiger partial charge in [-0.1, -0.05) is 39.8 Å². The summed E-state index contributed by atoms with van der Waals surface area (Å²) in [5.41, 5.74) is 2.91. The first-order valence-corrected chi connectivity index (χ1v) is 8.13. The molecule has 0 unspecified atom stereocenters. The van der Waals surface area contributed by atoms with Crippen LogP contribution in [0.1, 0.15) is 15.9 Å². The van der Waals surface area contributed by atoms with Crippen molar-refractivity contribution in [2.75, 3.05) is 0 Å². The SMILES string of the molecule is O=C1C(=Cc2c[nH]c3ccc(Br)cc23)Sc2ccccc21. The molecule has 0 spiro atoms. The van der Waals surface area contributed by atoms with Crippen LogP contribution in [0.15, 0.2) is 62.9 Å². The molecule has 0 saturated carbocycles. The van der Waals surface area contributed by atoms with Crippen molar-refractivity contribution in [3.8, 4) is 0 Å². The molecule has 0 atom stereocenters. The Hall–Kier alpha value is -1.78. The molecule has 1 aliphatic rings. The number of H-pyrrole nitrogens is 1. The van der Waals surface area contributed by atoms with E-state index in [2.05, 4.69) is 27.0 Å². The zero-order valence-electron chi connectivity index (χ0n) is 10.9. The minimum absolute atomic E-state index is 0.111. The number of aromatic amines is 1. The summed E-state index contributed by atoms with van der Waals surface area (Å²) in [6, 6.07) is 13.8. The number of benzene rings is 2. The first-order chi connectivity index (χ1) is 10.2. The first-order valence-electron chi connectivity index (χ1n) is 6.52. The molecule has 2 aromatic carbocycles. The van der Waals surface area contributed by atoms with E-state index in [0.717, 1.165) is 36.3 Å². The lowest BCUT2D eigenvalue weighted by Crippen LogP contribution is -1.93. The van der Waals surface area contributed by atoms with Crippen molar-refractivity contribution in [1.82, 2.24) is 4.98 Å². The topological polar surface area (TPSA) is 32.9 Å². The minimum atomic E-state index is 0.111. The zero-order valence-corrected chi connectivity index (χ0v) is 13.3. The molecule has 0 aliphatic carbocycles. The number of allylic oxidation sites excluding steroid dienone is 1. The molecule has 0 fully saturated rings. The van der Waals surface area contributed by atoms with Crippen molar-refractivity contribution in [3.63, 3.8) is 0 Å². The number of Topliss-reactive ketones (excluding diaryl/α,β-unsaturated/α-hetero) is 1. The summed E-state index contributed by atoms with van der Waals surface area (Å²) >= 11 is 5.03. The molecule has 4 heteroatoms. The predicted octanol–water partition coefficient (Wildman–Crippen LogP) is 5.26. The molecular weight excluding hydrogens is 346 g/mol. The minimum Gasteiger partial charge on any atom is -0.361 e. The maximum absolute atomic E-state index is 12.4. The van der Waals surface area contributed by atoms with Crippen molar-refractivity contribution in [1.29, 1.82) is 0 Å². The van der Waals surface area contributed by atoms with Gasteiger partial charge in [0, 0.05) is 37.6 Å². The van der Waals surface area contributed by atoms with Crippen molar-refractivity contribution in [2.45, 2.75) is 4.90 Å². The van der Waals surface area contributed by atoms with Gasteiger partial charge in [-0.25, -0.2) is 0 Å². The van der Waals surface area contributed by atoms with E-state index in [1.807, 2.05) is 48.7 Å². The van der Waals surface area contributed by atoms with Crippen LogP contribution in [0.3, 0.4) is 0 Å². The van der Waals surface area contributed by atoms with E-state index in [0.29, 0.717) is 0 Å². The van der Waals surface area contributed by atoms with Gasteiger partial charge in [0.25, 0.3) is 0 Å². The number of nitrogens with one attached hydrogen (secondary N) is 1. The molecule has 1 aromatic heterocycles. The van der Waals surface area contributed by atoms with Gasteiger partial charge in [0.15, 0.2) is 0 Å². The van der Waals surface area contributed by atoms with Crippen molar-refractivity contribution in [3.05, 3.63) is 69.2 Å². The maximum atomic E-state index is 12.4. The van der Waals surface area contributed by atoms with E-state index in [1.54, 1.807) is 11.8 Å². The Morgan fingerprint density at radius 1 is 1.14 bits per heavy atom. The second-order valence-electron chi connectivity index (χ2n) is 4.87. The van der Waals surface area contributed by atoms with Crippen molar-refractivity contribution >= 4 is 50.5 Å². The number of carbonyl (C=O) groups is 1. The third-order valence-electron chi connectivity index (χ3n) is 3.54. The van der Waals surface area contributed by atoms with E-state index in [1.165, 1.54) is 0 Å². The van der Waals surface area contributed by atoms with Gasteiger partial charge in [-0.2, -0.15) is 0 Å². The second kappa shape index (κ2) is 4.90. The lowest BCUT2D eigenvalue weighted by molar-refractivity contribution is 0.104. The standard InChI is InChI=1S/C17H10BrNOS/c18-11-5-6-14-13(8-11)10(9-19-14)7-16-17(20)12-3-1-2-4-15(12)21-16/h1-9,19H. The fraction of sp³-hybridized carbons (Fsp3) is 0. The Bertz CT molecular complexity index is 910. The van der Waals surface area contributed by atoms with Gasteiger partial charge in [-0.05, 0) is 36.4 Å².